The second kappa shape index (κ2) is 4.65. The first-order valence-corrected chi connectivity index (χ1v) is 5.20. The molecule has 1 rings (SSSR count). The van der Waals surface area contributed by atoms with Crippen molar-refractivity contribution in [3.05, 3.63) is 11.8 Å². The zero-order valence-electron chi connectivity index (χ0n) is 9.65. The van der Waals surface area contributed by atoms with Crippen LogP contribution in [0.4, 0.5) is 0 Å². The van der Waals surface area contributed by atoms with Gasteiger partial charge in [0.15, 0.2) is 11.5 Å². The third-order valence-electron chi connectivity index (χ3n) is 2.25. The number of ether oxygens (including phenoxy) is 2. The van der Waals surface area contributed by atoms with Crippen LogP contribution in [0.5, 0.6) is 0 Å². The number of rotatable bonds is 3. The summed E-state index contributed by atoms with van der Waals surface area (Å²) in [7, 11) is 0. The number of allylic oxidation sites excluding steroid dienone is 2. The topological polar surface area (TPSA) is 72.8 Å². The van der Waals surface area contributed by atoms with Gasteiger partial charge in [-0.2, -0.15) is 0 Å². The molecular weight excluding hydrogens is 212 g/mol. The molecule has 0 unspecified atom stereocenters. The quantitative estimate of drug-likeness (QED) is 0.722. The monoisotopic (exact) mass is 228 g/mol. The van der Waals surface area contributed by atoms with E-state index >= 15 is 0 Å². The molecule has 2 atom stereocenters. The van der Waals surface area contributed by atoms with Crippen molar-refractivity contribution in [1.82, 2.24) is 0 Å². The molecule has 0 aromatic carbocycles. The summed E-state index contributed by atoms with van der Waals surface area (Å²) in [5, 5.41) is 9.97. The third kappa shape index (κ3) is 2.61. The fourth-order valence-electron chi connectivity index (χ4n) is 1.57. The first-order valence-electron chi connectivity index (χ1n) is 5.20. The Morgan fingerprint density at radius 3 is 2.81 bits per heavy atom. The SMILES string of the molecule is CCOC(=O)[C@]1(O)C[C@H](C)C=C(C(C)=O)O1. The molecular formula is C11H16O5. The number of esters is 1. The van der Waals surface area contributed by atoms with E-state index in [1.165, 1.54) is 6.92 Å². The van der Waals surface area contributed by atoms with Crippen molar-refractivity contribution in [1.29, 1.82) is 0 Å². The van der Waals surface area contributed by atoms with Crippen molar-refractivity contribution >= 4 is 11.8 Å². The standard InChI is InChI=1S/C11H16O5/c1-4-15-10(13)11(14)6-7(2)5-9(16-11)8(3)12/h5,7,14H,4,6H2,1-3H3/t7-,11+/m1/s1. The minimum Gasteiger partial charge on any atom is -0.461 e. The lowest BCUT2D eigenvalue weighted by molar-refractivity contribution is -0.223. The van der Waals surface area contributed by atoms with Gasteiger partial charge < -0.3 is 14.6 Å². The summed E-state index contributed by atoms with van der Waals surface area (Å²) in [6.07, 6.45) is 1.68. The molecule has 90 valence electrons. The molecule has 0 radical (unpaired) electrons. The van der Waals surface area contributed by atoms with Crippen molar-refractivity contribution in [3.8, 4) is 0 Å². The van der Waals surface area contributed by atoms with Crippen LogP contribution in [-0.2, 0) is 19.1 Å². The van der Waals surface area contributed by atoms with Gasteiger partial charge in [0.25, 0.3) is 0 Å². The highest BCUT2D eigenvalue weighted by Crippen LogP contribution is 2.30. The summed E-state index contributed by atoms with van der Waals surface area (Å²) in [5.41, 5.74) is 0. The van der Waals surface area contributed by atoms with Crippen molar-refractivity contribution in [2.75, 3.05) is 6.61 Å². The van der Waals surface area contributed by atoms with Crippen LogP contribution in [0.1, 0.15) is 27.2 Å². The maximum Gasteiger partial charge on any atom is 0.379 e. The molecule has 1 aliphatic rings. The molecule has 1 heterocycles. The van der Waals surface area contributed by atoms with Crippen LogP contribution in [0, 0.1) is 5.92 Å². The molecule has 0 aromatic rings. The van der Waals surface area contributed by atoms with Crippen molar-refractivity contribution < 1.29 is 24.2 Å². The van der Waals surface area contributed by atoms with Crippen LogP contribution >= 0.6 is 0 Å². The Morgan fingerprint density at radius 2 is 2.31 bits per heavy atom. The van der Waals surface area contributed by atoms with Gasteiger partial charge in [-0.25, -0.2) is 4.79 Å². The predicted molar refractivity (Wildman–Crippen MR) is 55.2 cm³/mol. The van der Waals surface area contributed by atoms with Crippen molar-refractivity contribution in [2.45, 2.75) is 33.0 Å². The lowest BCUT2D eigenvalue weighted by atomic mass is 9.96. The fourth-order valence-corrected chi connectivity index (χ4v) is 1.57. The highest BCUT2D eigenvalue weighted by molar-refractivity contribution is 5.92. The third-order valence-corrected chi connectivity index (χ3v) is 2.25. The van der Waals surface area contributed by atoms with Crippen LogP contribution in [0.25, 0.3) is 0 Å². The largest absolute Gasteiger partial charge is 0.461 e. The number of carbonyl (C=O) groups excluding carboxylic acids is 2. The van der Waals surface area contributed by atoms with Gasteiger partial charge in [0.2, 0.25) is 0 Å². The zero-order chi connectivity index (χ0) is 12.3. The van der Waals surface area contributed by atoms with Crippen molar-refractivity contribution in [3.63, 3.8) is 0 Å². The Balaban J connectivity index is 2.89. The lowest BCUT2D eigenvalue weighted by Crippen LogP contribution is -2.46. The molecule has 0 bridgehead atoms. The molecule has 1 N–H and O–H groups in total. The maximum atomic E-state index is 11.5. The van der Waals surface area contributed by atoms with E-state index in [9.17, 15) is 14.7 Å². The van der Waals surface area contributed by atoms with Gasteiger partial charge in [0.1, 0.15) is 0 Å². The van der Waals surface area contributed by atoms with Crippen LogP contribution in [0.2, 0.25) is 0 Å². The van der Waals surface area contributed by atoms with Gasteiger partial charge in [0, 0.05) is 13.3 Å². The van der Waals surface area contributed by atoms with E-state index in [-0.39, 0.29) is 30.5 Å². The van der Waals surface area contributed by atoms with Gasteiger partial charge in [-0.3, -0.25) is 4.79 Å². The molecule has 0 amide bonds. The first-order chi connectivity index (χ1) is 7.39. The number of hydrogen-bond acceptors (Lipinski definition) is 5. The molecule has 16 heavy (non-hydrogen) atoms. The number of Topliss-reactive ketones (excluding diaryl/α,β-unsaturated/α-hetero) is 1. The van der Waals surface area contributed by atoms with Crippen LogP contribution in [-0.4, -0.2) is 29.3 Å². The van der Waals surface area contributed by atoms with Gasteiger partial charge >= 0.3 is 11.8 Å². The first kappa shape index (κ1) is 12.7. The molecule has 0 aliphatic carbocycles. The molecule has 0 spiro atoms. The van der Waals surface area contributed by atoms with E-state index in [4.69, 9.17) is 9.47 Å². The maximum absolute atomic E-state index is 11.5. The Labute approximate surface area is 94.0 Å². The molecule has 0 fully saturated rings. The molecule has 0 saturated heterocycles. The average molecular weight is 228 g/mol. The number of hydrogen-bond donors (Lipinski definition) is 1. The Hall–Kier alpha value is -1.36. The van der Waals surface area contributed by atoms with E-state index in [1.807, 2.05) is 0 Å². The minimum absolute atomic E-state index is 0.00861. The highest BCUT2D eigenvalue weighted by atomic mass is 16.7. The van der Waals surface area contributed by atoms with Crippen molar-refractivity contribution in [2.24, 2.45) is 5.92 Å². The fraction of sp³-hybridized carbons (Fsp3) is 0.636. The normalized spacial score (nSPS) is 29.0. The summed E-state index contributed by atoms with van der Waals surface area (Å²) in [4.78, 5) is 22.7. The second-order valence-electron chi connectivity index (χ2n) is 3.88. The summed E-state index contributed by atoms with van der Waals surface area (Å²) in [6.45, 7) is 4.89. The van der Waals surface area contributed by atoms with E-state index < -0.39 is 11.8 Å². The molecule has 1 aliphatic heterocycles. The Kier molecular flexibility index (Phi) is 3.70. The van der Waals surface area contributed by atoms with Crippen LogP contribution in [0.15, 0.2) is 11.8 Å². The molecule has 5 nitrogen and oxygen atoms in total. The van der Waals surface area contributed by atoms with E-state index in [0.717, 1.165) is 0 Å². The predicted octanol–water partition coefficient (Wildman–Crippen LogP) is 0.767. The van der Waals surface area contributed by atoms with Gasteiger partial charge in [-0.15, -0.1) is 0 Å². The van der Waals surface area contributed by atoms with Crippen LogP contribution < -0.4 is 0 Å². The zero-order valence-corrected chi connectivity index (χ0v) is 9.65. The summed E-state index contributed by atoms with van der Waals surface area (Å²) in [5.74, 6) is -3.33. The Morgan fingerprint density at radius 1 is 1.69 bits per heavy atom. The Bertz CT molecular complexity index is 333. The van der Waals surface area contributed by atoms with Gasteiger partial charge in [-0.1, -0.05) is 6.92 Å². The summed E-state index contributed by atoms with van der Waals surface area (Å²) in [6, 6.07) is 0. The summed E-state index contributed by atoms with van der Waals surface area (Å²) >= 11 is 0. The molecule has 0 aromatic heterocycles. The summed E-state index contributed by atoms with van der Waals surface area (Å²) < 4.78 is 9.72. The van der Waals surface area contributed by atoms with E-state index in [0.29, 0.717) is 0 Å². The van der Waals surface area contributed by atoms with E-state index in [2.05, 4.69) is 0 Å². The number of carbonyl (C=O) groups is 2. The molecule has 5 heteroatoms. The average Bonchev–Trinajstić information content (AvgIpc) is 2.16. The van der Waals surface area contributed by atoms with Gasteiger partial charge in [0.05, 0.1) is 6.61 Å². The van der Waals surface area contributed by atoms with E-state index in [1.54, 1.807) is 19.9 Å². The lowest BCUT2D eigenvalue weighted by Gasteiger charge is -2.32. The second-order valence-corrected chi connectivity index (χ2v) is 3.88. The molecule has 0 saturated carbocycles. The van der Waals surface area contributed by atoms with Gasteiger partial charge in [-0.05, 0) is 18.9 Å². The van der Waals surface area contributed by atoms with Crippen LogP contribution in [0.3, 0.4) is 0 Å². The number of ketones is 1. The smallest absolute Gasteiger partial charge is 0.379 e. The number of aliphatic hydroxyl groups is 1. The minimum atomic E-state index is -2.04. The highest BCUT2D eigenvalue weighted by Gasteiger charge is 2.45.